The van der Waals surface area contributed by atoms with Crippen LogP contribution >= 0.6 is 0 Å². The van der Waals surface area contributed by atoms with Gasteiger partial charge < -0.3 is 14.6 Å². The molecule has 0 aliphatic heterocycles. The number of ether oxygens (including phenoxy) is 1. The molecule has 27 heavy (non-hydrogen) atoms. The van der Waals surface area contributed by atoms with Crippen LogP contribution in [-0.4, -0.2) is 33.9 Å². The number of H-pyrrole nitrogens is 1. The molecule has 0 radical (unpaired) electrons. The number of carbonyl (C=O) groups excluding carboxylic acids is 1. The zero-order chi connectivity index (χ0) is 19.4. The molecule has 1 amide bonds. The monoisotopic (exact) mass is 365 g/mol. The van der Waals surface area contributed by atoms with Crippen LogP contribution in [0.15, 0.2) is 53.3 Å². The first kappa shape index (κ1) is 18.8. The predicted molar refractivity (Wildman–Crippen MR) is 105 cm³/mol. The number of methoxy groups -OCH3 is 1. The molecule has 0 saturated heterocycles. The van der Waals surface area contributed by atoms with Crippen molar-refractivity contribution in [3.05, 3.63) is 75.8 Å². The second kappa shape index (κ2) is 8.14. The van der Waals surface area contributed by atoms with E-state index in [4.69, 9.17) is 4.74 Å². The summed E-state index contributed by atoms with van der Waals surface area (Å²) in [6.07, 6.45) is 0. The summed E-state index contributed by atoms with van der Waals surface area (Å²) in [6, 6.07) is 14.5. The van der Waals surface area contributed by atoms with Gasteiger partial charge in [0.15, 0.2) is 0 Å². The number of nitrogens with one attached hydrogen (secondary N) is 1. The molecule has 3 aromatic rings. The zero-order valence-electron chi connectivity index (χ0n) is 15.7. The first-order valence-electron chi connectivity index (χ1n) is 8.86. The average molecular weight is 365 g/mol. The predicted octanol–water partition coefficient (Wildman–Crippen LogP) is 3.12. The Morgan fingerprint density at radius 1 is 1.15 bits per heavy atom. The van der Waals surface area contributed by atoms with Crippen molar-refractivity contribution in [2.45, 2.75) is 33.0 Å². The fourth-order valence-electron chi connectivity index (χ4n) is 2.94. The van der Waals surface area contributed by atoms with Gasteiger partial charge in [-0.05, 0) is 43.7 Å². The smallest absolute Gasteiger partial charge is 0.258 e. The maximum Gasteiger partial charge on any atom is 0.258 e. The third-order valence-corrected chi connectivity index (χ3v) is 4.38. The Kier molecular flexibility index (Phi) is 5.66. The van der Waals surface area contributed by atoms with Crippen LogP contribution in [0.4, 0.5) is 0 Å². The summed E-state index contributed by atoms with van der Waals surface area (Å²) < 4.78 is 5.10. The number of hydrogen-bond acceptors (Lipinski definition) is 4. The Hall–Kier alpha value is -2.99. The average Bonchev–Trinajstić information content (AvgIpc) is 2.66. The van der Waals surface area contributed by atoms with E-state index in [9.17, 15) is 9.59 Å². The van der Waals surface area contributed by atoms with Crippen molar-refractivity contribution in [1.82, 2.24) is 14.9 Å². The molecule has 0 spiro atoms. The van der Waals surface area contributed by atoms with E-state index >= 15 is 0 Å². The topological polar surface area (TPSA) is 75.3 Å². The van der Waals surface area contributed by atoms with Crippen molar-refractivity contribution in [3.8, 4) is 0 Å². The highest BCUT2D eigenvalue weighted by Crippen LogP contribution is 2.14. The first-order chi connectivity index (χ1) is 13.0. The van der Waals surface area contributed by atoms with Crippen molar-refractivity contribution >= 4 is 16.8 Å². The van der Waals surface area contributed by atoms with Gasteiger partial charge in [0, 0.05) is 18.7 Å². The normalized spacial score (nSPS) is 11.1. The van der Waals surface area contributed by atoms with Crippen LogP contribution in [0.3, 0.4) is 0 Å². The van der Waals surface area contributed by atoms with Crippen LogP contribution in [-0.2, 0) is 17.9 Å². The van der Waals surface area contributed by atoms with Gasteiger partial charge in [0.05, 0.1) is 24.1 Å². The number of aromatic amines is 1. The number of fused-ring (bicyclic) bond motifs is 1. The molecule has 0 saturated carbocycles. The molecule has 3 rings (SSSR count). The quantitative estimate of drug-likeness (QED) is 0.728. The minimum absolute atomic E-state index is 0.0482. The molecule has 0 aliphatic rings. The largest absolute Gasteiger partial charge is 0.380 e. The van der Waals surface area contributed by atoms with Crippen LogP contribution < -0.4 is 5.56 Å². The van der Waals surface area contributed by atoms with Gasteiger partial charge in [0.1, 0.15) is 5.82 Å². The number of carbonyl (C=O) groups is 1. The highest BCUT2D eigenvalue weighted by atomic mass is 16.5. The van der Waals surface area contributed by atoms with Gasteiger partial charge >= 0.3 is 0 Å². The molecule has 2 aromatic carbocycles. The van der Waals surface area contributed by atoms with E-state index in [0.29, 0.717) is 28.9 Å². The van der Waals surface area contributed by atoms with E-state index in [1.807, 2.05) is 32.0 Å². The number of amides is 1. The van der Waals surface area contributed by atoms with E-state index in [1.165, 1.54) is 0 Å². The fraction of sp³-hybridized carbons (Fsp3) is 0.286. The van der Waals surface area contributed by atoms with Crippen molar-refractivity contribution in [3.63, 3.8) is 0 Å². The summed E-state index contributed by atoms with van der Waals surface area (Å²) >= 11 is 0. The Balaban J connectivity index is 1.87. The Morgan fingerprint density at radius 3 is 2.52 bits per heavy atom. The second-order valence-electron chi connectivity index (χ2n) is 6.69. The lowest BCUT2D eigenvalue weighted by molar-refractivity contribution is 0.0685. The molecule has 140 valence electrons. The minimum atomic E-state index is -0.198. The van der Waals surface area contributed by atoms with Gasteiger partial charge in [0.25, 0.3) is 11.5 Å². The molecule has 0 bridgehead atoms. The lowest BCUT2D eigenvalue weighted by Crippen LogP contribution is -2.37. The van der Waals surface area contributed by atoms with Gasteiger partial charge in [0.2, 0.25) is 0 Å². The fourth-order valence-corrected chi connectivity index (χ4v) is 2.94. The van der Waals surface area contributed by atoms with Crippen molar-refractivity contribution in [2.24, 2.45) is 0 Å². The van der Waals surface area contributed by atoms with Crippen LogP contribution in [0.25, 0.3) is 10.9 Å². The Labute approximate surface area is 157 Å². The minimum Gasteiger partial charge on any atom is -0.380 e. The van der Waals surface area contributed by atoms with Crippen LogP contribution in [0.5, 0.6) is 0 Å². The van der Waals surface area contributed by atoms with Gasteiger partial charge in [-0.15, -0.1) is 0 Å². The van der Waals surface area contributed by atoms with Crippen molar-refractivity contribution in [1.29, 1.82) is 0 Å². The number of rotatable bonds is 6. The molecule has 6 nitrogen and oxygen atoms in total. The molecule has 0 unspecified atom stereocenters. The molecule has 0 fully saturated rings. The number of hydrogen-bond donors (Lipinski definition) is 1. The van der Waals surface area contributed by atoms with Gasteiger partial charge in [-0.2, -0.15) is 0 Å². The maximum atomic E-state index is 13.0. The molecule has 6 heteroatoms. The van der Waals surface area contributed by atoms with E-state index in [2.05, 4.69) is 9.97 Å². The number of aromatic nitrogens is 2. The summed E-state index contributed by atoms with van der Waals surface area (Å²) in [5.74, 6) is 0.363. The van der Waals surface area contributed by atoms with Gasteiger partial charge in [-0.3, -0.25) is 9.59 Å². The highest BCUT2D eigenvalue weighted by molar-refractivity contribution is 5.94. The van der Waals surface area contributed by atoms with E-state index in [-0.39, 0.29) is 24.1 Å². The molecular formula is C21H23N3O3. The highest BCUT2D eigenvalue weighted by Gasteiger charge is 2.20. The SMILES string of the molecule is COCc1ccc(C(=O)N(Cc2nc3ccccc3c(=O)[nH]2)C(C)C)cc1. The lowest BCUT2D eigenvalue weighted by Gasteiger charge is -2.26. The third-order valence-electron chi connectivity index (χ3n) is 4.38. The van der Waals surface area contributed by atoms with Crippen molar-refractivity contribution < 1.29 is 9.53 Å². The molecule has 0 aliphatic carbocycles. The van der Waals surface area contributed by atoms with Crippen LogP contribution in [0, 0.1) is 0 Å². The Morgan fingerprint density at radius 2 is 1.85 bits per heavy atom. The summed E-state index contributed by atoms with van der Waals surface area (Å²) in [4.78, 5) is 34.3. The third kappa shape index (κ3) is 4.23. The summed E-state index contributed by atoms with van der Waals surface area (Å²) in [5, 5.41) is 0.539. The Bertz CT molecular complexity index is 993. The first-order valence-corrected chi connectivity index (χ1v) is 8.86. The van der Waals surface area contributed by atoms with Crippen molar-refractivity contribution in [2.75, 3.05) is 7.11 Å². The van der Waals surface area contributed by atoms with E-state index in [1.54, 1.807) is 42.3 Å². The molecule has 0 atom stereocenters. The molecule has 1 heterocycles. The number of benzene rings is 2. The summed E-state index contributed by atoms with van der Waals surface area (Å²) in [5.41, 5.74) is 2.02. The van der Waals surface area contributed by atoms with Crippen LogP contribution in [0.2, 0.25) is 0 Å². The van der Waals surface area contributed by atoms with E-state index < -0.39 is 0 Å². The molecule has 1 aromatic heterocycles. The number of para-hydroxylation sites is 1. The maximum absolute atomic E-state index is 13.0. The molecular weight excluding hydrogens is 342 g/mol. The van der Waals surface area contributed by atoms with E-state index in [0.717, 1.165) is 5.56 Å². The standard InChI is InChI=1S/C21H23N3O3/c1-14(2)24(21(26)16-10-8-15(9-11-16)13-27-3)12-19-22-18-7-5-4-6-17(18)20(25)23-19/h4-11,14H,12-13H2,1-3H3,(H,22,23,25). The summed E-state index contributed by atoms with van der Waals surface area (Å²) in [7, 11) is 1.64. The number of nitrogens with zero attached hydrogens (tertiary/aromatic N) is 2. The van der Waals surface area contributed by atoms with Gasteiger partial charge in [-0.1, -0.05) is 24.3 Å². The van der Waals surface area contributed by atoms with Gasteiger partial charge in [-0.25, -0.2) is 4.98 Å². The molecule has 1 N–H and O–H groups in total. The lowest BCUT2D eigenvalue weighted by atomic mass is 10.1. The zero-order valence-corrected chi connectivity index (χ0v) is 15.7. The second-order valence-corrected chi connectivity index (χ2v) is 6.69. The summed E-state index contributed by atoms with van der Waals surface area (Å²) in [6.45, 7) is 4.62. The van der Waals surface area contributed by atoms with Crippen LogP contribution in [0.1, 0.15) is 35.6 Å².